The first kappa shape index (κ1) is 23.2. The van der Waals surface area contributed by atoms with Crippen molar-refractivity contribution >= 4 is 39.1 Å². The summed E-state index contributed by atoms with van der Waals surface area (Å²) in [5.41, 5.74) is 0.183. The highest BCUT2D eigenvalue weighted by Gasteiger charge is 2.28. The lowest BCUT2D eigenvalue weighted by Gasteiger charge is -2.29. The van der Waals surface area contributed by atoms with Gasteiger partial charge in [-0.1, -0.05) is 11.6 Å². The van der Waals surface area contributed by atoms with Gasteiger partial charge in [0.2, 0.25) is 0 Å². The molecule has 0 spiro atoms. The second-order valence-corrected chi connectivity index (χ2v) is 10.1. The lowest BCUT2D eigenvalue weighted by atomic mass is 10.1. The second kappa shape index (κ2) is 9.75. The van der Waals surface area contributed by atoms with Crippen LogP contribution in [0.25, 0.3) is 5.95 Å². The number of sulfone groups is 1. The van der Waals surface area contributed by atoms with Gasteiger partial charge in [-0.3, -0.25) is 4.79 Å². The molecular weight excluding hydrogens is 460 g/mol. The third-order valence-corrected chi connectivity index (χ3v) is 6.40. The molecule has 0 bridgehead atoms. The Balaban J connectivity index is 2.01. The quantitative estimate of drug-likeness (QED) is 0.483. The minimum atomic E-state index is -3.53. The van der Waals surface area contributed by atoms with Crippen LogP contribution in [0.4, 0.5) is 0 Å². The Morgan fingerprint density at radius 3 is 2.58 bits per heavy atom. The van der Waals surface area contributed by atoms with E-state index in [2.05, 4.69) is 20.1 Å². The number of benzene rings is 1. The molecule has 0 saturated carbocycles. The number of aromatic nitrogens is 5. The van der Waals surface area contributed by atoms with Gasteiger partial charge < -0.3 is 4.90 Å². The molecule has 0 N–H and O–H groups in total. The molecule has 0 fully saturated rings. The van der Waals surface area contributed by atoms with Gasteiger partial charge in [-0.25, -0.2) is 23.4 Å². The van der Waals surface area contributed by atoms with E-state index in [1.54, 1.807) is 35.1 Å². The van der Waals surface area contributed by atoms with E-state index in [4.69, 9.17) is 11.6 Å². The van der Waals surface area contributed by atoms with Gasteiger partial charge in [0.1, 0.15) is 6.33 Å². The first-order chi connectivity index (χ1) is 14.7. The molecule has 12 heteroatoms. The van der Waals surface area contributed by atoms with E-state index in [0.29, 0.717) is 24.1 Å². The van der Waals surface area contributed by atoms with Crippen molar-refractivity contribution in [1.29, 1.82) is 0 Å². The average molecular weight is 481 g/mol. The van der Waals surface area contributed by atoms with E-state index in [1.807, 2.05) is 13.2 Å². The van der Waals surface area contributed by atoms with Crippen molar-refractivity contribution in [2.45, 2.75) is 17.9 Å². The number of halogens is 1. The third kappa shape index (κ3) is 5.41. The maximum absolute atomic E-state index is 13.4. The maximum Gasteiger partial charge on any atom is 0.254 e. The third-order valence-electron chi connectivity index (χ3n) is 4.50. The van der Waals surface area contributed by atoms with Gasteiger partial charge >= 0.3 is 0 Å². The Hall–Kier alpha value is -2.50. The zero-order valence-corrected chi connectivity index (χ0v) is 19.5. The molecule has 0 saturated heterocycles. The minimum Gasteiger partial charge on any atom is -0.328 e. The van der Waals surface area contributed by atoms with Gasteiger partial charge in [-0.05, 0) is 37.4 Å². The van der Waals surface area contributed by atoms with E-state index in [9.17, 15) is 13.2 Å². The molecule has 1 amide bonds. The Morgan fingerprint density at radius 1 is 1.23 bits per heavy atom. The number of carbonyl (C=O) groups is 1. The molecule has 164 valence electrons. The topological polar surface area (TPSA) is 111 Å². The first-order valence-electron chi connectivity index (χ1n) is 9.20. The predicted molar refractivity (Wildman–Crippen MR) is 119 cm³/mol. The van der Waals surface area contributed by atoms with Crippen molar-refractivity contribution in [2.24, 2.45) is 0 Å². The normalized spacial score (nSPS) is 12.5. The Kier molecular flexibility index (Phi) is 7.29. The van der Waals surface area contributed by atoms with Gasteiger partial charge in [-0.15, -0.1) is 0 Å². The van der Waals surface area contributed by atoms with E-state index < -0.39 is 15.9 Å². The number of rotatable bonds is 8. The molecule has 3 aromatic rings. The number of amides is 1. The van der Waals surface area contributed by atoms with Crippen LogP contribution in [-0.4, -0.2) is 68.8 Å². The highest BCUT2D eigenvalue weighted by atomic mass is 35.5. The van der Waals surface area contributed by atoms with E-state index >= 15 is 0 Å². The molecule has 0 aliphatic carbocycles. The van der Waals surface area contributed by atoms with Crippen LogP contribution in [0.3, 0.4) is 0 Å². The number of nitrogens with zero attached hydrogens (tertiary/aromatic N) is 6. The number of carbonyl (C=O) groups excluding carboxylic acids is 1. The zero-order chi connectivity index (χ0) is 22.6. The summed E-state index contributed by atoms with van der Waals surface area (Å²) in [6.07, 6.45) is 7.57. The fraction of sp³-hybridized carbons (Fsp3) is 0.316. The Morgan fingerprint density at radius 2 is 1.94 bits per heavy atom. The molecule has 1 unspecified atom stereocenters. The number of hydrogen-bond donors (Lipinski definition) is 0. The number of thioether (sulfide) groups is 1. The van der Waals surface area contributed by atoms with Gasteiger partial charge in [0, 0.05) is 41.5 Å². The van der Waals surface area contributed by atoms with Crippen molar-refractivity contribution in [3.05, 3.63) is 59.4 Å². The summed E-state index contributed by atoms with van der Waals surface area (Å²) in [5.74, 6) is 1.12. The molecule has 9 nitrogen and oxygen atoms in total. The fourth-order valence-corrected chi connectivity index (χ4v) is 4.32. The molecule has 2 aromatic heterocycles. The summed E-state index contributed by atoms with van der Waals surface area (Å²) in [4.78, 5) is 27.8. The smallest absolute Gasteiger partial charge is 0.254 e. The lowest BCUT2D eigenvalue weighted by molar-refractivity contribution is 0.0695. The monoisotopic (exact) mass is 480 g/mol. The summed E-state index contributed by atoms with van der Waals surface area (Å²) >= 11 is 7.70. The van der Waals surface area contributed by atoms with Crippen LogP contribution in [0.2, 0.25) is 5.02 Å². The molecule has 2 heterocycles. The van der Waals surface area contributed by atoms with Crippen molar-refractivity contribution in [2.75, 3.05) is 24.8 Å². The van der Waals surface area contributed by atoms with Crippen LogP contribution in [0.1, 0.15) is 29.1 Å². The highest BCUT2D eigenvalue weighted by Crippen LogP contribution is 2.25. The summed E-state index contributed by atoms with van der Waals surface area (Å²) < 4.78 is 25.5. The average Bonchev–Trinajstić information content (AvgIpc) is 3.23. The van der Waals surface area contributed by atoms with Gasteiger partial charge in [0.25, 0.3) is 11.9 Å². The molecular formula is C19H21ClN6O3S2. The standard InChI is InChI=1S/C19H21ClN6O3S2/c1-13(17-23-12-24-26(17)19-21-5-4-6-22-19)25(7-8-30-2)18(27)14-9-15(20)11-16(10-14)31(3,28)29/h4-6,9-13H,7-8H2,1-3H3. The highest BCUT2D eigenvalue weighted by molar-refractivity contribution is 7.98. The number of hydrogen-bond acceptors (Lipinski definition) is 8. The summed E-state index contributed by atoms with van der Waals surface area (Å²) in [7, 11) is -3.53. The van der Waals surface area contributed by atoms with E-state index in [1.165, 1.54) is 29.2 Å². The summed E-state index contributed by atoms with van der Waals surface area (Å²) in [5, 5.41) is 4.37. The van der Waals surface area contributed by atoms with Crippen LogP contribution >= 0.6 is 23.4 Å². The van der Waals surface area contributed by atoms with Crippen molar-refractivity contribution in [1.82, 2.24) is 29.6 Å². The van der Waals surface area contributed by atoms with E-state index in [-0.39, 0.29) is 21.4 Å². The van der Waals surface area contributed by atoms with Crippen LogP contribution in [0, 0.1) is 0 Å². The van der Waals surface area contributed by atoms with Crippen LogP contribution in [-0.2, 0) is 9.84 Å². The van der Waals surface area contributed by atoms with Crippen molar-refractivity contribution in [3.8, 4) is 5.95 Å². The van der Waals surface area contributed by atoms with Gasteiger partial charge in [-0.2, -0.15) is 21.5 Å². The lowest BCUT2D eigenvalue weighted by Crippen LogP contribution is -2.37. The molecule has 3 rings (SSSR count). The van der Waals surface area contributed by atoms with Crippen LogP contribution in [0.15, 0.2) is 47.9 Å². The molecule has 31 heavy (non-hydrogen) atoms. The summed E-state index contributed by atoms with van der Waals surface area (Å²) in [6, 6.07) is 5.32. The predicted octanol–water partition coefficient (Wildman–Crippen LogP) is 2.68. The Bertz CT molecular complexity index is 1170. The minimum absolute atomic E-state index is 0.0123. The van der Waals surface area contributed by atoms with E-state index in [0.717, 1.165) is 6.26 Å². The Labute approximate surface area is 189 Å². The van der Waals surface area contributed by atoms with Gasteiger partial charge in [0.05, 0.1) is 10.9 Å². The van der Waals surface area contributed by atoms with Crippen LogP contribution in [0.5, 0.6) is 0 Å². The SMILES string of the molecule is CSCCN(C(=O)c1cc(Cl)cc(S(C)(=O)=O)c1)C(C)c1ncnn1-c1ncccn1. The molecule has 1 atom stereocenters. The van der Waals surface area contributed by atoms with Crippen molar-refractivity contribution < 1.29 is 13.2 Å². The molecule has 0 aliphatic rings. The first-order valence-corrected chi connectivity index (χ1v) is 12.9. The molecule has 1 aromatic carbocycles. The fourth-order valence-electron chi connectivity index (χ4n) is 2.96. The van der Waals surface area contributed by atoms with Crippen LogP contribution < -0.4 is 0 Å². The van der Waals surface area contributed by atoms with Crippen molar-refractivity contribution in [3.63, 3.8) is 0 Å². The summed E-state index contributed by atoms with van der Waals surface area (Å²) in [6.45, 7) is 2.23. The molecule has 0 aliphatic heterocycles. The zero-order valence-electron chi connectivity index (χ0n) is 17.1. The second-order valence-electron chi connectivity index (χ2n) is 6.69. The van der Waals surface area contributed by atoms with Gasteiger partial charge in [0.15, 0.2) is 15.7 Å². The largest absolute Gasteiger partial charge is 0.328 e. The molecule has 0 radical (unpaired) electrons. The maximum atomic E-state index is 13.4.